The van der Waals surface area contributed by atoms with E-state index in [1.54, 1.807) is 0 Å². The Bertz CT molecular complexity index is 3140. The van der Waals surface area contributed by atoms with Crippen molar-refractivity contribution in [2.75, 3.05) is 0 Å². The van der Waals surface area contributed by atoms with Crippen LogP contribution in [0.5, 0.6) is 0 Å². The molecule has 11 rings (SSSR count). The van der Waals surface area contributed by atoms with Gasteiger partial charge in [-0.15, -0.1) is 0 Å². The zero-order valence-electron chi connectivity index (χ0n) is 32.1. The van der Waals surface area contributed by atoms with Crippen LogP contribution < -0.4 is 0 Å². The van der Waals surface area contributed by atoms with Crippen LogP contribution in [0.25, 0.3) is 101 Å². The molecule has 0 aliphatic heterocycles. The summed E-state index contributed by atoms with van der Waals surface area (Å²) in [5.41, 5.74) is 16.8. The zero-order valence-corrected chi connectivity index (χ0v) is 32.1. The number of benzene rings is 8. The normalized spacial score (nSPS) is 12.8. The lowest BCUT2D eigenvalue weighted by Crippen LogP contribution is -2.14. The van der Waals surface area contributed by atoms with E-state index in [9.17, 15) is 0 Å². The summed E-state index contributed by atoms with van der Waals surface area (Å²) in [6.45, 7) is 4.68. The molecule has 0 unspecified atom stereocenters. The van der Waals surface area contributed by atoms with Gasteiger partial charge in [0.15, 0.2) is 17.5 Å². The molecule has 0 radical (unpaired) electrons. The van der Waals surface area contributed by atoms with Gasteiger partial charge in [0.1, 0.15) is 11.2 Å². The molecule has 1 aliphatic carbocycles. The van der Waals surface area contributed by atoms with Crippen LogP contribution in [0.15, 0.2) is 192 Å². The molecule has 0 atom stereocenters. The van der Waals surface area contributed by atoms with E-state index in [0.717, 1.165) is 55.3 Å². The van der Waals surface area contributed by atoms with Crippen molar-refractivity contribution in [3.8, 4) is 78.7 Å². The molecule has 10 aromatic rings. The number of rotatable bonds is 6. The molecular formula is C54H37N3O. The Hall–Kier alpha value is -7.43. The minimum atomic E-state index is -0.0441. The van der Waals surface area contributed by atoms with Gasteiger partial charge in [-0.1, -0.05) is 166 Å². The lowest BCUT2D eigenvalue weighted by Gasteiger charge is -2.22. The van der Waals surface area contributed by atoms with E-state index in [-0.39, 0.29) is 5.41 Å². The fourth-order valence-corrected chi connectivity index (χ4v) is 8.76. The average molecular weight is 744 g/mol. The van der Waals surface area contributed by atoms with Crippen molar-refractivity contribution in [3.05, 3.63) is 199 Å². The SMILES string of the molecule is CC1(C)c2ccccc2-c2ccc(-c3cccc(-c4cccc(-c5ccc6oc7cccc(-c8nc(-c9ccccc9)nc(-c9ccccc9)n8)c7c6c5)c4)c3)cc21. The van der Waals surface area contributed by atoms with Gasteiger partial charge in [0, 0.05) is 32.9 Å². The highest BCUT2D eigenvalue weighted by Gasteiger charge is 2.35. The molecule has 8 aromatic carbocycles. The van der Waals surface area contributed by atoms with E-state index in [4.69, 9.17) is 19.4 Å². The Kier molecular flexibility index (Phi) is 7.80. The predicted molar refractivity (Wildman–Crippen MR) is 237 cm³/mol. The molecule has 2 heterocycles. The first kappa shape index (κ1) is 33.9. The van der Waals surface area contributed by atoms with Gasteiger partial charge in [-0.3, -0.25) is 0 Å². The first-order valence-corrected chi connectivity index (χ1v) is 19.8. The summed E-state index contributed by atoms with van der Waals surface area (Å²) in [5.74, 6) is 1.85. The smallest absolute Gasteiger partial charge is 0.164 e. The lowest BCUT2D eigenvalue weighted by atomic mass is 9.81. The van der Waals surface area contributed by atoms with Crippen LogP contribution in [0.2, 0.25) is 0 Å². The van der Waals surface area contributed by atoms with Gasteiger partial charge in [-0.25, -0.2) is 15.0 Å². The predicted octanol–water partition coefficient (Wildman–Crippen LogP) is 14.1. The highest BCUT2D eigenvalue weighted by atomic mass is 16.3. The number of furan rings is 1. The van der Waals surface area contributed by atoms with Crippen molar-refractivity contribution < 1.29 is 4.42 Å². The fourth-order valence-electron chi connectivity index (χ4n) is 8.76. The molecule has 0 fully saturated rings. The molecule has 4 nitrogen and oxygen atoms in total. The van der Waals surface area contributed by atoms with Crippen molar-refractivity contribution in [1.82, 2.24) is 15.0 Å². The van der Waals surface area contributed by atoms with Crippen LogP contribution in [0.1, 0.15) is 25.0 Å². The van der Waals surface area contributed by atoms with Crippen LogP contribution >= 0.6 is 0 Å². The van der Waals surface area contributed by atoms with Crippen LogP contribution in [0.3, 0.4) is 0 Å². The summed E-state index contributed by atoms with van der Waals surface area (Å²) < 4.78 is 6.47. The number of nitrogens with zero attached hydrogens (tertiary/aromatic N) is 3. The van der Waals surface area contributed by atoms with Crippen molar-refractivity contribution in [3.63, 3.8) is 0 Å². The molecule has 0 N–H and O–H groups in total. The van der Waals surface area contributed by atoms with E-state index < -0.39 is 0 Å². The van der Waals surface area contributed by atoms with Gasteiger partial charge in [0.25, 0.3) is 0 Å². The van der Waals surface area contributed by atoms with Gasteiger partial charge in [-0.2, -0.15) is 0 Å². The second kappa shape index (κ2) is 13.4. The largest absolute Gasteiger partial charge is 0.456 e. The molecule has 2 aromatic heterocycles. The average Bonchev–Trinajstić information content (AvgIpc) is 3.78. The van der Waals surface area contributed by atoms with E-state index >= 15 is 0 Å². The minimum Gasteiger partial charge on any atom is -0.456 e. The Labute approximate surface area is 337 Å². The van der Waals surface area contributed by atoms with E-state index in [2.05, 4.69) is 129 Å². The first-order valence-electron chi connectivity index (χ1n) is 19.8. The van der Waals surface area contributed by atoms with Gasteiger partial charge in [0.05, 0.1) is 0 Å². The lowest BCUT2D eigenvalue weighted by molar-refractivity contribution is 0.660. The van der Waals surface area contributed by atoms with Gasteiger partial charge in [0.2, 0.25) is 0 Å². The molecule has 0 saturated heterocycles. The molecule has 1 aliphatic rings. The van der Waals surface area contributed by atoms with Crippen molar-refractivity contribution in [1.29, 1.82) is 0 Å². The van der Waals surface area contributed by atoms with E-state index in [0.29, 0.717) is 17.5 Å². The number of aromatic nitrogens is 3. The highest BCUT2D eigenvalue weighted by Crippen LogP contribution is 2.49. The highest BCUT2D eigenvalue weighted by molar-refractivity contribution is 6.12. The monoisotopic (exact) mass is 743 g/mol. The molecule has 58 heavy (non-hydrogen) atoms. The Morgan fingerprint density at radius 2 is 0.828 bits per heavy atom. The Morgan fingerprint density at radius 1 is 0.345 bits per heavy atom. The van der Waals surface area contributed by atoms with Crippen molar-refractivity contribution >= 4 is 21.9 Å². The van der Waals surface area contributed by atoms with Gasteiger partial charge >= 0.3 is 0 Å². The summed E-state index contributed by atoms with van der Waals surface area (Å²) >= 11 is 0. The number of hydrogen-bond donors (Lipinski definition) is 0. The quantitative estimate of drug-likeness (QED) is 0.170. The standard InChI is InChI=1S/C54H37N3O/c1-54(2)46-24-10-9-22-42(46)43-28-26-41(33-47(43)54)39-21-12-19-37(31-39)36-18-11-20-38(30-36)40-27-29-48-45(32-40)50-44(23-13-25-49(50)58-48)53-56-51(34-14-5-3-6-15-34)55-52(57-53)35-16-7-4-8-17-35/h3-33H,1-2H3. The maximum atomic E-state index is 6.47. The molecule has 0 amide bonds. The Balaban J connectivity index is 0.983. The van der Waals surface area contributed by atoms with Crippen LogP contribution in [-0.2, 0) is 5.41 Å². The number of hydrogen-bond acceptors (Lipinski definition) is 4. The maximum absolute atomic E-state index is 6.47. The first-order chi connectivity index (χ1) is 28.5. The minimum absolute atomic E-state index is 0.0441. The van der Waals surface area contributed by atoms with Crippen LogP contribution in [0.4, 0.5) is 0 Å². The molecular weight excluding hydrogens is 707 g/mol. The molecule has 0 bridgehead atoms. The summed E-state index contributed by atoms with van der Waals surface area (Å²) in [7, 11) is 0. The van der Waals surface area contributed by atoms with E-state index in [1.165, 1.54) is 38.9 Å². The third-order valence-corrected chi connectivity index (χ3v) is 11.7. The van der Waals surface area contributed by atoms with Crippen LogP contribution in [0, 0.1) is 0 Å². The van der Waals surface area contributed by atoms with Gasteiger partial charge < -0.3 is 4.42 Å². The van der Waals surface area contributed by atoms with Gasteiger partial charge in [-0.05, 0) is 92.0 Å². The summed E-state index contributed by atoms with van der Waals surface area (Å²) in [5, 5.41) is 1.99. The maximum Gasteiger partial charge on any atom is 0.164 e. The van der Waals surface area contributed by atoms with E-state index in [1.807, 2.05) is 72.8 Å². The zero-order chi connectivity index (χ0) is 38.8. The molecule has 274 valence electrons. The molecule has 0 saturated carbocycles. The summed E-state index contributed by atoms with van der Waals surface area (Å²) in [6.07, 6.45) is 0. The fraction of sp³-hybridized carbons (Fsp3) is 0.0556. The second-order valence-electron chi connectivity index (χ2n) is 15.6. The van der Waals surface area contributed by atoms with Crippen molar-refractivity contribution in [2.24, 2.45) is 0 Å². The number of fused-ring (bicyclic) bond motifs is 6. The Morgan fingerprint density at radius 3 is 1.48 bits per heavy atom. The topological polar surface area (TPSA) is 51.8 Å². The summed E-state index contributed by atoms with van der Waals surface area (Å²) in [4.78, 5) is 15.0. The third-order valence-electron chi connectivity index (χ3n) is 11.7. The molecule has 0 spiro atoms. The second-order valence-corrected chi connectivity index (χ2v) is 15.6. The van der Waals surface area contributed by atoms with Crippen molar-refractivity contribution in [2.45, 2.75) is 19.3 Å². The molecule has 4 heteroatoms. The summed E-state index contributed by atoms with van der Waals surface area (Å²) in [6, 6.07) is 66.2. The van der Waals surface area contributed by atoms with Crippen LogP contribution in [-0.4, -0.2) is 15.0 Å². The third kappa shape index (κ3) is 5.64.